The number of hydrogen-bond acceptors (Lipinski definition) is 4. The molecular formula is C19H18N4O2. The number of anilines is 1. The molecule has 3 rings (SSSR count). The second kappa shape index (κ2) is 7.41. The lowest BCUT2D eigenvalue weighted by Crippen LogP contribution is -2.23. The molecule has 0 aliphatic carbocycles. The van der Waals surface area contributed by atoms with E-state index in [4.69, 9.17) is 4.42 Å². The number of carbonyl (C=O) groups excluding carboxylic acids is 1. The van der Waals surface area contributed by atoms with Gasteiger partial charge in [-0.2, -0.15) is 5.10 Å². The Kier molecular flexibility index (Phi) is 4.86. The number of nitrogens with one attached hydrogen (secondary N) is 2. The average molecular weight is 334 g/mol. The normalized spacial score (nSPS) is 10.0. The van der Waals surface area contributed by atoms with Crippen LogP contribution < -0.4 is 10.2 Å². The van der Waals surface area contributed by atoms with Gasteiger partial charge in [-0.15, -0.1) is 0 Å². The topological polar surface area (TPSA) is 74.2 Å². The SMILES string of the molecule is CN(C)c1ccc(C#CCNC(=O)c2cc(-c3ccco3)[nH]n2)cc1. The molecular weight excluding hydrogens is 316 g/mol. The van der Waals surface area contributed by atoms with E-state index in [0.29, 0.717) is 17.1 Å². The molecule has 0 radical (unpaired) electrons. The molecule has 0 bridgehead atoms. The summed E-state index contributed by atoms with van der Waals surface area (Å²) in [4.78, 5) is 14.1. The zero-order chi connectivity index (χ0) is 17.6. The van der Waals surface area contributed by atoms with Crippen LogP contribution in [0.5, 0.6) is 0 Å². The van der Waals surface area contributed by atoms with Crippen LogP contribution in [0.3, 0.4) is 0 Å². The van der Waals surface area contributed by atoms with E-state index in [1.807, 2.05) is 43.3 Å². The number of benzene rings is 1. The molecule has 2 N–H and O–H groups in total. The Hall–Kier alpha value is -3.46. The van der Waals surface area contributed by atoms with Crippen molar-refractivity contribution < 1.29 is 9.21 Å². The summed E-state index contributed by atoms with van der Waals surface area (Å²) in [6, 6.07) is 13.1. The number of aromatic amines is 1. The van der Waals surface area contributed by atoms with Crippen molar-refractivity contribution in [1.82, 2.24) is 15.5 Å². The zero-order valence-corrected chi connectivity index (χ0v) is 14.0. The first-order chi connectivity index (χ1) is 12.1. The third kappa shape index (κ3) is 4.09. The molecule has 0 saturated heterocycles. The Bertz CT molecular complexity index is 897. The van der Waals surface area contributed by atoms with Gasteiger partial charge in [0.15, 0.2) is 11.5 Å². The molecule has 2 heterocycles. The minimum atomic E-state index is -0.286. The van der Waals surface area contributed by atoms with Gasteiger partial charge in [0.25, 0.3) is 5.91 Å². The monoisotopic (exact) mass is 334 g/mol. The summed E-state index contributed by atoms with van der Waals surface area (Å²) >= 11 is 0. The van der Waals surface area contributed by atoms with Crippen LogP contribution in [0.25, 0.3) is 11.5 Å². The summed E-state index contributed by atoms with van der Waals surface area (Å²) in [5, 5.41) is 9.48. The Morgan fingerprint density at radius 1 is 1.28 bits per heavy atom. The standard InChI is InChI=1S/C19H18N4O2/c1-23(2)15-9-7-14(8-10-15)5-3-11-20-19(24)17-13-16(21-22-17)18-6-4-12-25-18/h4,6-10,12-13H,11H2,1-2H3,(H,20,24)(H,21,22). The van der Waals surface area contributed by atoms with E-state index in [-0.39, 0.29) is 12.5 Å². The first-order valence-electron chi connectivity index (χ1n) is 7.77. The van der Waals surface area contributed by atoms with Crippen LogP contribution in [-0.4, -0.2) is 36.7 Å². The second-order valence-corrected chi connectivity index (χ2v) is 5.57. The van der Waals surface area contributed by atoms with Gasteiger partial charge in [-0.1, -0.05) is 11.8 Å². The van der Waals surface area contributed by atoms with Crippen molar-refractivity contribution >= 4 is 11.6 Å². The number of aromatic nitrogens is 2. The molecule has 0 atom stereocenters. The number of hydrogen-bond donors (Lipinski definition) is 2. The molecule has 2 aromatic heterocycles. The molecule has 6 nitrogen and oxygen atoms in total. The minimum Gasteiger partial charge on any atom is -0.463 e. The summed E-state index contributed by atoms with van der Waals surface area (Å²) in [6.07, 6.45) is 1.57. The summed E-state index contributed by atoms with van der Waals surface area (Å²) in [7, 11) is 3.98. The first kappa shape index (κ1) is 16.4. The molecule has 6 heteroatoms. The maximum atomic E-state index is 12.1. The third-order valence-corrected chi connectivity index (χ3v) is 3.55. The molecule has 1 amide bonds. The van der Waals surface area contributed by atoms with Gasteiger partial charge in [-0.3, -0.25) is 9.89 Å². The summed E-state index contributed by atoms with van der Waals surface area (Å²) < 4.78 is 5.25. The average Bonchev–Trinajstić information content (AvgIpc) is 3.29. The van der Waals surface area contributed by atoms with Gasteiger partial charge in [-0.25, -0.2) is 0 Å². The lowest BCUT2D eigenvalue weighted by molar-refractivity contribution is 0.0953. The van der Waals surface area contributed by atoms with E-state index in [2.05, 4.69) is 27.4 Å². The van der Waals surface area contributed by atoms with Crippen LogP contribution in [0.2, 0.25) is 0 Å². The van der Waals surface area contributed by atoms with Gasteiger partial charge >= 0.3 is 0 Å². The van der Waals surface area contributed by atoms with E-state index in [0.717, 1.165) is 11.3 Å². The largest absolute Gasteiger partial charge is 0.463 e. The second-order valence-electron chi connectivity index (χ2n) is 5.57. The van der Waals surface area contributed by atoms with Gasteiger partial charge in [0, 0.05) is 31.4 Å². The minimum absolute atomic E-state index is 0.247. The lowest BCUT2D eigenvalue weighted by atomic mass is 10.2. The molecule has 0 spiro atoms. The quantitative estimate of drug-likeness (QED) is 0.719. The van der Waals surface area contributed by atoms with Crippen molar-refractivity contribution in [2.45, 2.75) is 0 Å². The number of carbonyl (C=O) groups is 1. The lowest BCUT2D eigenvalue weighted by Gasteiger charge is -2.11. The van der Waals surface area contributed by atoms with Crippen LogP contribution in [-0.2, 0) is 0 Å². The molecule has 0 aliphatic rings. The van der Waals surface area contributed by atoms with Crippen molar-refractivity contribution in [2.24, 2.45) is 0 Å². The van der Waals surface area contributed by atoms with E-state index in [1.165, 1.54) is 0 Å². The van der Waals surface area contributed by atoms with E-state index < -0.39 is 0 Å². The van der Waals surface area contributed by atoms with Gasteiger partial charge in [0.1, 0.15) is 5.69 Å². The Balaban J connectivity index is 1.55. The van der Waals surface area contributed by atoms with Crippen LogP contribution in [0.1, 0.15) is 16.1 Å². The fraction of sp³-hybridized carbons (Fsp3) is 0.158. The first-order valence-corrected chi connectivity index (χ1v) is 7.77. The van der Waals surface area contributed by atoms with E-state index >= 15 is 0 Å². The Morgan fingerprint density at radius 3 is 2.76 bits per heavy atom. The smallest absolute Gasteiger partial charge is 0.272 e. The highest BCUT2D eigenvalue weighted by atomic mass is 16.3. The highest BCUT2D eigenvalue weighted by Gasteiger charge is 2.11. The molecule has 3 aromatic rings. The summed E-state index contributed by atoms with van der Waals surface area (Å²) in [5.74, 6) is 6.30. The van der Waals surface area contributed by atoms with Crippen LogP contribution >= 0.6 is 0 Å². The van der Waals surface area contributed by atoms with Crippen LogP contribution in [0, 0.1) is 11.8 Å². The highest BCUT2D eigenvalue weighted by molar-refractivity contribution is 5.93. The van der Waals surface area contributed by atoms with E-state index in [9.17, 15) is 4.79 Å². The number of furan rings is 1. The summed E-state index contributed by atoms with van der Waals surface area (Å²) in [6.45, 7) is 0.247. The van der Waals surface area contributed by atoms with Crippen molar-refractivity contribution in [3.05, 3.63) is 60.0 Å². The number of amides is 1. The van der Waals surface area contributed by atoms with Gasteiger partial charge in [-0.05, 0) is 36.4 Å². The number of rotatable bonds is 4. The van der Waals surface area contributed by atoms with Crippen molar-refractivity contribution in [3.63, 3.8) is 0 Å². The molecule has 1 aromatic carbocycles. The molecule has 0 saturated carbocycles. The highest BCUT2D eigenvalue weighted by Crippen LogP contribution is 2.17. The van der Waals surface area contributed by atoms with Gasteiger partial charge < -0.3 is 14.6 Å². The van der Waals surface area contributed by atoms with Crippen molar-refractivity contribution in [3.8, 4) is 23.3 Å². The fourth-order valence-corrected chi connectivity index (χ4v) is 2.20. The van der Waals surface area contributed by atoms with Crippen LogP contribution in [0.4, 0.5) is 5.69 Å². The molecule has 0 aliphatic heterocycles. The molecule has 0 fully saturated rings. The molecule has 126 valence electrons. The Morgan fingerprint density at radius 2 is 2.08 bits per heavy atom. The predicted molar refractivity (Wildman–Crippen MR) is 96.3 cm³/mol. The number of H-pyrrole nitrogens is 1. The van der Waals surface area contributed by atoms with Crippen molar-refractivity contribution in [1.29, 1.82) is 0 Å². The van der Waals surface area contributed by atoms with Crippen LogP contribution in [0.15, 0.2) is 53.1 Å². The maximum Gasteiger partial charge on any atom is 0.272 e. The molecule has 25 heavy (non-hydrogen) atoms. The zero-order valence-electron chi connectivity index (χ0n) is 14.0. The summed E-state index contributed by atoms with van der Waals surface area (Å²) in [5.41, 5.74) is 2.97. The third-order valence-electron chi connectivity index (χ3n) is 3.55. The van der Waals surface area contributed by atoms with Gasteiger partial charge in [0.2, 0.25) is 0 Å². The molecule has 0 unspecified atom stereocenters. The van der Waals surface area contributed by atoms with E-state index in [1.54, 1.807) is 24.5 Å². The van der Waals surface area contributed by atoms with Crippen molar-refractivity contribution in [2.75, 3.05) is 25.5 Å². The van der Waals surface area contributed by atoms with Gasteiger partial charge in [0.05, 0.1) is 12.8 Å². The fourth-order valence-electron chi connectivity index (χ4n) is 2.20. The maximum absolute atomic E-state index is 12.1. The number of nitrogens with zero attached hydrogens (tertiary/aromatic N) is 2. The predicted octanol–water partition coefficient (Wildman–Crippen LogP) is 2.52. The Labute approximate surface area is 145 Å².